The molecular weight excluding hydrogens is 246 g/mol. The minimum absolute atomic E-state index is 0.322. The van der Waals surface area contributed by atoms with Crippen LogP contribution in [0.3, 0.4) is 0 Å². The number of aromatic carboxylic acids is 1. The van der Waals surface area contributed by atoms with Crippen molar-refractivity contribution in [2.24, 2.45) is 5.41 Å². The van der Waals surface area contributed by atoms with Crippen molar-refractivity contribution in [1.82, 2.24) is 4.57 Å². The predicted octanol–water partition coefficient (Wildman–Crippen LogP) is 2.75. The second-order valence-corrected chi connectivity index (χ2v) is 5.20. The van der Waals surface area contributed by atoms with Gasteiger partial charge in [0.05, 0.1) is 0 Å². The molecule has 76 valence electrons. The maximum absolute atomic E-state index is 10.9. The first-order valence-electron chi connectivity index (χ1n) is 4.59. The third kappa shape index (κ3) is 1.85. The monoisotopic (exact) mass is 257 g/mol. The number of nitrogens with zero attached hydrogens (tertiary/aromatic N) is 1. The average molecular weight is 258 g/mol. The average Bonchev–Trinajstić information content (AvgIpc) is 2.66. The number of carbonyl (C=O) groups is 1. The first-order chi connectivity index (χ1) is 6.50. The molecule has 0 saturated heterocycles. The van der Waals surface area contributed by atoms with Crippen LogP contribution >= 0.6 is 15.9 Å². The molecule has 4 heteroatoms. The van der Waals surface area contributed by atoms with Crippen LogP contribution in [0.1, 0.15) is 30.3 Å². The van der Waals surface area contributed by atoms with Crippen LogP contribution in [-0.4, -0.2) is 15.6 Å². The largest absolute Gasteiger partial charge is 0.477 e. The van der Waals surface area contributed by atoms with E-state index in [2.05, 4.69) is 22.9 Å². The van der Waals surface area contributed by atoms with Crippen molar-refractivity contribution in [1.29, 1.82) is 0 Å². The fourth-order valence-electron chi connectivity index (χ4n) is 1.57. The Morgan fingerprint density at radius 1 is 1.71 bits per heavy atom. The highest BCUT2D eigenvalue weighted by molar-refractivity contribution is 9.10. The highest BCUT2D eigenvalue weighted by Crippen LogP contribution is 2.46. The molecule has 3 nitrogen and oxygen atoms in total. The lowest BCUT2D eigenvalue weighted by Gasteiger charge is -2.11. The maximum atomic E-state index is 10.9. The van der Waals surface area contributed by atoms with E-state index >= 15 is 0 Å². The minimum atomic E-state index is -0.861. The first kappa shape index (κ1) is 9.77. The van der Waals surface area contributed by atoms with Crippen LogP contribution in [0.15, 0.2) is 16.7 Å². The van der Waals surface area contributed by atoms with E-state index in [0.29, 0.717) is 11.1 Å². The van der Waals surface area contributed by atoms with Gasteiger partial charge in [-0.15, -0.1) is 0 Å². The minimum Gasteiger partial charge on any atom is -0.477 e. The molecule has 0 atom stereocenters. The smallest absolute Gasteiger partial charge is 0.352 e. The summed E-state index contributed by atoms with van der Waals surface area (Å²) in [6.45, 7) is 2.99. The van der Waals surface area contributed by atoms with Gasteiger partial charge in [0.1, 0.15) is 5.69 Å². The topological polar surface area (TPSA) is 42.2 Å². The molecule has 1 aliphatic carbocycles. The Kier molecular flexibility index (Phi) is 2.18. The Labute approximate surface area is 90.9 Å². The quantitative estimate of drug-likeness (QED) is 0.905. The first-order valence-corrected chi connectivity index (χ1v) is 5.38. The summed E-state index contributed by atoms with van der Waals surface area (Å²) in [6, 6.07) is 1.65. The van der Waals surface area contributed by atoms with E-state index in [0.717, 1.165) is 11.0 Å². The fourth-order valence-corrected chi connectivity index (χ4v) is 2.03. The van der Waals surface area contributed by atoms with Crippen molar-refractivity contribution in [3.8, 4) is 0 Å². The van der Waals surface area contributed by atoms with Gasteiger partial charge in [0.2, 0.25) is 0 Å². The Bertz CT molecular complexity index is 379. The summed E-state index contributed by atoms with van der Waals surface area (Å²) < 4.78 is 2.65. The fraction of sp³-hybridized carbons (Fsp3) is 0.500. The van der Waals surface area contributed by atoms with E-state index in [-0.39, 0.29) is 0 Å². The van der Waals surface area contributed by atoms with Crippen molar-refractivity contribution < 1.29 is 9.90 Å². The molecule has 1 aromatic heterocycles. The number of rotatable bonds is 3. The molecule has 0 spiro atoms. The van der Waals surface area contributed by atoms with Crippen LogP contribution in [0.25, 0.3) is 0 Å². The Morgan fingerprint density at radius 3 is 2.86 bits per heavy atom. The van der Waals surface area contributed by atoms with Gasteiger partial charge in [-0.05, 0) is 40.3 Å². The molecule has 1 fully saturated rings. The van der Waals surface area contributed by atoms with Crippen molar-refractivity contribution in [3.63, 3.8) is 0 Å². The van der Waals surface area contributed by atoms with Crippen molar-refractivity contribution in [3.05, 3.63) is 22.4 Å². The molecule has 1 N–H and O–H groups in total. The molecule has 0 aliphatic heterocycles. The zero-order chi connectivity index (χ0) is 10.3. The molecule has 14 heavy (non-hydrogen) atoms. The summed E-state index contributed by atoms with van der Waals surface area (Å²) in [5.74, 6) is -0.861. The zero-order valence-electron chi connectivity index (χ0n) is 7.96. The third-order valence-electron chi connectivity index (χ3n) is 2.74. The highest BCUT2D eigenvalue weighted by Gasteiger charge is 2.38. The van der Waals surface area contributed by atoms with Crippen LogP contribution in [0.4, 0.5) is 0 Å². The number of halogens is 1. The van der Waals surface area contributed by atoms with Gasteiger partial charge < -0.3 is 9.67 Å². The van der Waals surface area contributed by atoms with Crippen LogP contribution in [0.2, 0.25) is 0 Å². The molecule has 1 aromatic rings. The van der Waals surface area contributed by atoms with Crippen molar-refractivity contribution in [2.75, 3.05) is 0 Å². The Balaban J connectivity index is 2.27. The van der Waals surface area contributed by atoms with Gasteiger partial charge in [-0.3, -0.25) is 0 Å². The summed E-state index contributed by atoms with van der Waals surface area (Å²) >= 11 is 3.30. The molecule has 0 aromatic carbocycles. The number of hydrogen-bond donors (Lipinski definition) is 1. The van der Waals surface area contributed by atoms with Gasteiger partial charge in [-0.1, -0.05) is 6.92 Å². The molecule has 0 radical (unpaired) electrons. The molecule has 0 bridgehead atoms. The van der Waals surface area contributed by atoms with E-state index in [4.69, 9.17) is 5.11 Å². The van der Waals surface area contributed by atoms with E-state index in [1.807, 2.05) is 10.8 Å². The molecule has 1 aliphatic rings. The Hall–Kier alpha value is -0.770. The molecule has 1 saturated carbocycles. The van der Waals surface area contributed by atoms with Gasteiger partial charge in [0.15, 0.2) is 0 Å². The summed E-state index contributed by atoms with van der Waals surface area (Å²) in [4.78, 5) is 10.9. The predicted molar refractivity (Wildman–Crippen MR) is 56.4 cm³/mol. The van der Waals surface area contributed by atoms with Crippen molar-refractivity contribution >= 4 is 21.9 Å². The van der Waals surface area contributed by atoms with Gasteiger partial charge in [0.25, 0.3) is 0 Å². The summed E-state index contributed by atoms with van der Waals surface area (Å²) in [5.41, 5.74) is 0.688. The van der Waals surface area contributed by atoms with E-state index in [1.165, 1.54) is 12.8 Å². The lowest BCUT2D eigenvalue weighted by Crippen LogP contribution is -2.13. The molecular formula is C10H12BrNO2. The van der Waals surface area contributed by atoms with Crippen LogP contribution in [0.5, 0.6) is 0 Å². The van der Waals surface area contributed by atoms with Gasteiger partial charge >= 0.3 is 5.97 Å². The van der Waals surface area contributed by atoms with E-state index in [9.17, 15) is 4.79 Å². The van der Waals surface area contributed by atoms with Gasteiger partial charge in [0, 0.05) is 17.2 Å². The summed E-state index contributed by atoms with van der Waals surface area (Å²) in [6.07, 6.45) is 4.23. The maximum Gasteiger partial charge on any atom is 0.352 e. The lowest BCUT2D eigenvalue weighted by molar-refractivity contribution is 0.0684. The van der Waals surface area contributed by atoms with E-state index < -0.39 is 5.97 Å². The second-order valence-electron chi connectivity index (χ2n) is 4.29. The number of aromatic nitrogens is 1. The van der Waals surface area contributed by atoms with Gasteiger partial charge in [-0.2, -0.15) is 0 Å². The lowest BCUT2D eigenvalue weighted by atomic mass is 10.1. The number of hydrogen-bond acceptors (Lipinski definition) is 1. The number of carboxylic acid groups (broad SMARTS) is 1. The van der Waals surface area contributed by atoms with Crippen molar-refractivity contribution in [2.45, 2.75) is 26.3 Å². The van der Waals surface area contributed by atoms with E-state index in [1.54, 1.807) is 6.07 Å². The summed E-state index contributed by atoms with van der Waals surface area (Å²) in [7, 11) is 0. The SMILES string of the molecule is CC1(Cn2cc(Br)cc2C(=O)O)CC1. The summed E-state index contributed by atoms with van der Waals surface area (Å²) in [5, 5.41) is 8.95. The standard InChI is InChI=1S/C10H12BrNO2/c1-10(2-3-10)6-12-5-7(11)4-8(12)9(13)14/h4-5H,2-3,6H2,1H3,(H,13,14). The number of carboxylic acids is 1. The van der Waals surface area contributed by atoms with Crippen LogP contribution < -0.4 is 0 Å². The van der Waals surface area contributed by atoms with Crippen LogP contribution in [0, 0.1) is 5.41 Å². The molecule has 1 heterocycles. The normalized spacial score (nSPS) is 18.1. The molecule has 2 rings (SSSR count). The second kappa shape index (κ2) is 3.12. The third-order valence-corrected chi connectivity index (χ3v) is 3.17. The molecule has 0 amide bonds. The highest BCUT2D eigenvalue weighted by atomic mass is 79.9. The Morgan fingerprint density at radius 2 is 2.36 bits per heavy atom. The molecule has 0 unspecified atom stereocenters. The van der Waals surface area contributed by atoms with Gasteiger partial charge in [-0.25, -0.2) is 4.79 Å². The van der Waals surface area contributed by atoms with Crippen LogP contribution in [-0.2, 0) is 6.54 Å². The zero-order valence-corrected chi connectivity index (χ0v) is 9.54.